The predicted molar refractivity (Wildman–Crippen MR) is 65.4 cm³/mol. The molecule has 0 saturated carbocycles. The van der Waals surface area contributed by atoms with E-state index in [1.807, 2.05) is 13.8 Å². The summed E-state index contributed by atoms with van der Waals surface area (Å²) in [6, 6.07) is 4.46. The Morgan fingerprint density at radius 1 is 1.12 bits per heavy atom. The van der Waals surface area contributed by atoms with Crippen molar-refractivity contribution in [2.24, 2.45) is 5.73 Å². The number of alkyl halides is 3. The van der Waals surface area contributed by atoms with E-state index < -0.39 is 12.2 Å². The van der Waals surface area contributed by atoms with Gasteiger partial charge in [-0.25, -0.2) is 0 Å². The van der Waals surface area contributed by atoms with Gasteiger partial charge < -0.3 is 5.73 Å². The van der Waals surface area contributed by atoms with Crippen LogP contribution >= 0.6 is 12.4 Å². The van der Waals surface area contributed by atoms with Crippen molar-refractivity contribution < 1.29 is 13.2 Å². The van der Waals surface area contributed by atoms with E-state index in [1.54, 1.807) is 12.1 Å². The molecule has 0 heterocycles. The Hall–Kier alpha value is -0.740. The lowest BCUT2D eigenvalue weighted by atomic mass is 9.96. The summed E-state index contributed by atoms with van der Waals surface area (Å²) >= 11 is 0. The van der Waals surface area contributed by atoms with Gasteiger partial charge in [0.15, 0.2) is 0 Å². The maximum Gasteiger partial charge on any atom is 0.407 e. The van der Waals surface area contributed by atoms with Crippen LogP contribution in [-0.2, 0) is 0 Å². The Morgan fingerprint density at radius 2 is 1.53 bits per heavy atom. The zero-order valence-corrected chi connectivity index (χ0v) is 10.6. The summed E-state index contributed by atoms with van der Waals surface area (Å²) in [6.45, 7) is 4.08. The monoisotopic (exact) mass is 267 g/mol. The molecule has 2 N–H and O–H groups in total. The van der Waals surface area contributed by atoms with Crippen molar-refractivity contribution in [1.29, 1.82) is 0 Å². The molecule has 98 valence electrons. The highest BCUT2D eigenvalue weighted by atomic mass is 35.5. The molecule has 1 nitrogen and oxygen atoms in total. The fourth-order valence-corrected chi connectivity index (χ4v) is 1.46. The maximum absolute atomic E-state index is 12.3. The molecule has 2 atom stereocenters. The van der Waals surface area contributed by atoms with Crippen LogP contribution in [0.3, 0.4) is 0 Å². The molecule has 0 radical (unpaired) electrons. The smallest absolute Gasteiger partial charge is 0.316 e. The lowest BCUT2D eigenvalue weighted by Gasteiger charge is -2.17. The first-order valence-corrected chi connectivity index (χ1v) is 5.28. The number of hydrogen-bond donors (Lipinski definition) is 1. The van der Waals surface area contributed by atoms with E-state index in [-0.39, 0.29) is 18.0 Å². The van der Waals surface area contributed by atoms with E-state index in [9.17, 15) is 13.2 Å². The van der Waals surface area contributed by atoms with Crippen LogP contribution in [0.15, 0.2) is 24.3 Å². The van der Waals surface area contributed by atoms with Gasteiger partial charge in [0.2, 0.25) is 0 Å². The first kappa shape index (κ1) is 16.3. The van der Waals surface area contributed by atoms with Crippen molar-refractivity contribution in [1.82, 2.24) is 0 Å². The van der Waals surface area contributed by atoms with Crippen molar-refractivity contribution in [2.45, 2.75) is 38.4 Å². The van der Waals surface area contributed by atoms with E-state index in [2.05, 4.69) is 0 Å². The molecule has 1 aromatic carbocycles. The van der Waals surface area contributed by atoms with Gasteiger partial charge in [-0.3, -0.25) is 0 Å². The molecule has 0 aliphatic heterocycles. The van der Waals surface area contributed by atoms with Gasteiger partial charge in [0.05, 0.1) is 0 Å². The van der Waals surface area contributed by atoms with Gasteiger partial charge in [-0.1, -0.05) is 38.1 Å². The van der Waals surface area contributed by atoms with E-state index >= 15 is 0 Å². The van der Waals surface area contributed by atoms with E-state index in [1.165, 1.54) is 12.1 Å². The van der Waals surface area contributed by atoms with Gasteiger partial charge in [-0.05, 0) is 23.5 Å². The zero-order chi connectivity index (χ0) is 12.3. The molecule has 0 aromatic heterocycles. The number of hydrogen-bond acceptors (Lipinski definition) is 1. The second-order valence-corrected chi connectivity index (χ2v) is 4.00. The van der Waals surface area contributed by atoms with Gasteiger partial charge in [0.1, 0.15) is 6.04 Å². The van der Waals surface area contributed by atoms with Gasteiger partial charge in [0.25, 0.3) is 0 Å². The number of benzene rings is 1. The van der Waals surface area contributed by atoms with Crippen LogP contribution in [-0.4, -0.2) is 6.18 Å². The fraction of sp³-hybridized carbons (Fsp3) is 0.500. The van der Waals surface area contributed by atoms with Crippen LogP contribution in [0.5, 0.6) is 0 Å². The number of nitrogens with two attached hydrogens (primary N) is 1. The maximum atomic E-state index is 12.3. The summed E-state index contributed by atoms with van der Waals surface area (Å²) < 4.78 is 37.0. The largest absolute Gasteiger partial charge is 0.407 e. The Morgan fingerprint density at radius 3 is 1.88 bits per heavy atom. The summed E-state index contributed by atoms with van der Waals surface area (Å²) in [6.07, 6.45) is -3.41. The van der Waals surface area contributed by atoms with E-state index in [0.29, 0.717) is 5.92 Å². The minimum absolute atomic E-state index is 0. The highest BCUT2D eigenvalue weighted by Gasteiger charge is 2.37. The first-order chi connectivity index (χ1) is 7.36. The predicted octanol–water partition coefficient (Wildman–Crippen LogP) is 4.18. The summed E-state index contributed by atoms with van der Waals surface area (Å²) in [5.41, 5.74) is 6.26. The molecule has 0 fully saturated rings. The van der Waals surface area contributed by atoms with Crippen LogP contribution < -0.4 is 5.73 Å². The minimum atomic E-state index is -4.38. The summed E-state index contributed by atoms with van der Waals surface area (Å²) in [5.74, 6) is 0.358. The minimum Gasteiger partial charge on any atom is -0.316 e. The molecular weight excluding hydrogens is 251 g/mol. The van der Waals surface area contributed by atoms with Crippen LogP contribution in [0.4, 0.5) is 13.2 Å². The molecule has 0 amide bonds. The Kier molecular flexibility index (Phi) is 5.99. The molecule has 0 spiro atoms. The molecule has 1 aromatic rings. The van der Waals surface area contributed by atoms with Crippen LogP contribution in [0.2, 0.25) is 0 Å². The summed E-state index contributed by atoms with van der Waals surface area (Å²) in [7, 11) is 0. The third-order valence-corrected chi connectivity index (χ3v) is 2.83. The average Bonchev–Trinajstić information content (AvgIpc) is 2.26. The zero-order valence-electron chi connectivity index (χ0n) is 9.79. The fourth-order valence-electron chi connectivity index (χ4n) is 1.46. The quantitative estimate of drug-likeness (QED) is 0.873. The first-order valence-electron chi connectivity index (χ1n) is 5.28. The molecule has 17 heavy (non-hydrogen) atoms. The van der Waals surface area contributed by atoms with Crippen LogP contribution in [0, 0.1) is 0 Å². The molecule has 1 unspecified atom stereocenters. The Balaban J connectivity index is 0.00000256. The normalized spacial score (nSPS) is 14.9. The second-order valence-electron chi connectivity index (χ2n) is 4.00. The third kappa shape index (κ3) is 4.21. The van der Waals surface area contributed by atoms with E-state index in [0.717, 1.165) is 12.0 Å². The molecule has 0 aliphatic carbocycles. The summed E-state index contributed by atoms with van der Waals surface area (Å²) in [4.78, 5) is 0. The third-order valence-electron chi connectivity index (χ3n) is 2.83. The topological polar surface area (TPSA) is 26.0 Å². The van der Waals surface area contributed by atoms with Crippen molar-refractivity contribution in [3.05, 3.63) is 35.4 Å². The van der Waals surface area contributed by atoms with Gasteiger partial charge in [-0.2, -0.15) is 13.2 Å². The van der Waals surface area contributed by atoms with Crippen molar-refractivity contribution in [3.63, 3.8) is 0 Å². The Labute approximate surface area is 106 Å². The lowest BCUT2D eigenvalue weighted by Crippen LogP contribution is -2.28. The van der Waals surface area contributed by atoms with Crippen LogP contribution in [0.25, 0.3) is 0 Å². The highest BCUT2D eigenvalue weighted by molar-refractivity contribution is 5.85. The summed E-state index contributed by atoms with van der Waals surface area (Å²) in [5, 5.41) is 0. The molecule has 5 heteroatoms. The SMILES string of the molecule is CCC(C)c1ccc([C@@H](N)C(F)(F)F)cc1.Cl. The van der Waals surface area contributed by atoms with Gasteiger partial charge in [0, 0.05) is 0 Å². The highest BCUT2D eigenvalue weighted by Crippen LogP contribution is 2.31. The van der Waals surface area contributed by atoms with Crippen LogP contribution in [0.1, 0.15) is 43.4 Å². The van der Waals surface area contributed by atoms with E-state index in [4.69, 9.17) is 5.73 Å². The van der Waals surface area contributed by atoms with Crippen molar-refractivity contribution in [3.8, 4) is 0 Å². The van der Waals surface area contributed by atoms with Gasteiger partial charge >= 0.3 is 6.18 Å². The van der Waals surface area contributed by atoms with Crippen molar-refractivity contribution >= 4 is 12.4 Å². The average molecular weight is 268 g/mol. The Bertz CT molecular complexity index is 335. The molecule has 0 aliphatic rings. The van der Waals surface area contributed by atoms with Crippen molar-refractivity contribution in [2.75, 3.05) is 0 Å². The lowest BCUT2D eigenvalue weighted by molar-refractivity contribution is -0.149. The molecule has 0 saturated heterocycles. The number of halogens is 4. The standard InChI is InChI=1S/C12H16F3N.ClH/c1-3-8(2)9-4-6-10(7-5-9)11(16)12(13,14)15;/h4-8,11H,3,16H2,1-2H3;1H/t8?,11-;/m1./s1. The molecule has 0 bridgehead atoms. The second kappa shape index (κ2) is 6.26. The molecular formula is C12H17ClF3N. The van der Waals surface area contributed by atoms with Gasteiger partial charge in [-0.15, -0.1) is 12.4 Å². The molecule has 1 rings (SSSR count). The number of rotatable bonds is 3.